The first-order valence-corrected chi connectivity index (χ1v) is 4.43. The van der Waals surface area contributed by atoms with Crippen molar-refractivity contribution >= 4 is 12.4 Å². The lowest BCUT2D eigenvalue weighted by Gasteiger charge is -2.21. The highest BCUT2D eigenvalue weighted by molar-refractivity contribution is 5.85. The molecule has 72 valence electrons. The van der Waals surface area contributed by atoms with Gasteiger partial charge < -0.3 is 5.32 Å². The van der Waals surface area contributed by atoms with Crippen LogP contribution in [-0.2, 0) is 0 Å². The second-order valence-corrected chi connectivity index (χ2v) is 3.15. The third kappa shape index (κ3) is 2.64. The number of hydrogen-bond donors (Lipinski definition) is 1. The molecule has 0 saturated carbocycles. The van der Waals surface area contributed by atoms with E-state index in [1.54, 1.807) is 12.4 Å². The van der Waals surface area contributed by atoms with Gasteiger partial charge in [0.2, 0.25) is 0 Å². The van der Waals surface area contributed by atoms with E-state index in [9.17, 15) is 0 Å². The zero-order chi connectivity index (χ0) is 8.23. The molecule has 13 heavy (non-hydrogen) atoms. The largest absolute Gasteiger partial charge is 0.317 e. The zero-order valence-electron chi connectivity index (χ0n) is 7.44. The Bertz CT molecular complexity index is 234. The lowest BCUT2D eigenvalue weighted by molar-refractivity contribution is 0.452. The zero-order valence-corrected chi connectivity index (χ0v) is 8.26. The Morgan fingerprint density at radius 1 is 1.23 bits per heavy atom. The highest BCUT2D eigenvalue weighted by Gasteiger charge is 2.15. The van der Waals surface area contributed by atoms with Gasteiger partial charge in [-0.2, -0.15) is 0 Å². The summed E-state index contributed by atoms with van der Waals surface area (Å²) in [6.45, 7) is 2.22. The second kappa shape index (κ2) is 5.14. The molecule has 0 aromatic carbocycles. The summed E-state index contributed by atoms with van der Waals surface area (Å²) in [6.07, 6.45) is 7.77. The standard InChI is InChI=1S/C9H13N3.ClH/c1-3-10-4-2-8(1)9-7-11-5-6-12-9;/h5-8,10H,1-4H2;1H. The van der Waals surface area contributed by atoms with Gasteiger partial charge in [0.1, 0.15) is 0 Å². The van der Waals surface area contributed by atoms with Crippen molar-refractivity contribution in [2.45, 2.75) is 18.8 Å². The maximum Gasteiger partial charge on any atom is 0.0618 e. The van der Waals surface area contributed by atoms with Gasteiger partial charge in [-0.25, -0.2) is 0 Å². The molecular formula is C9H14ClN3. The summed E-state index contributed by atoms with van der Waals surface area (Å²) in [7, 11) is 0. The monoisotopic (exact) mass is 199 g/mol. The Morgan fingerprint density at radius 2 is 2.00 bits per heavy atom. The molecule has 4 heteroatoms. The SMILES string of the molecule is Cl.c1cnc(C2CCNCC2)cn1. The van der Waals surface area contributed by atoms with E-state index in [0.717, 1.165) is 18.8 Å². The Kier molecular flexibility index (Phi) is 4.12. The van der Waals surface area contributed by atoms with Gasteiger partial charge in [-0.3, -0.25) is 9.97 Å². The van der Waals surface area contributed by atoms with E-state index in [2.05, 4.69) is 15.3 Å². The molecule has 3 nitrogen and oxygen atoms in total. The predicted molar refractivity (Wildman–Crippen MR) is 54.1 cm³/mol. The van der Waals surface area contributed by atoms with Crippen LogP contribution in [0.1, 0.15) is 24.5 Å². The van der Waals surface area contributed by atoms with Gasteiger partial charge in [0.15, 0.2) is 0 Å². The van der Waals surface area contributed by atoms with Crippen molar-refractivity contribution in [1.29, 1.82) is 0 Å². The van der Waals surface area contributed by atoms with Crippen LogP contribution in [0.4, 0.5) is 0 Å². The number of nitrogens with one attached hydrogen (secondary N) is 1. The van der Waals surface area contributed by atoms with Gasteiger partial charge in [-0.05, 0) is 25.9 Å². The molecule has 1 N–H and O–H groups in total. The lowest BCUT2D eigenvalue weighted by Crippen LogP contribution is -2.27. The Balaban J connectivity index is 0.000000845. The molecule has 0 spiro atoms. The number of hydrogen-bond acceptors (Lipinski definition) is 3. The smallest absolute Gasteiger partial charge is 0.0618 e. The van der Waals surface area contributed by atoms with Crippen molar-refractivity contribution in [3.05, 3.63) is 24.3 Å². The average molecular weight is 200 g/mol. The number of rotatable bonds is 1. The van der Waals surface area contributed by atoms with Crippen molar-refractivity contribution < 1.29 is 0 Å². The molecule has 1 aliphatic heterocycles. The van der Waals surface area contributed by atoms with E-state index >= 15 is 0 Å². The molecule has 0 radical (unpaired) electrons. The van der Waals surface area contributed by atoms with Crippen LogP contribution >= 0.6 is 12.4 Å². The fraction of sp³-hybridized carbons (Fsp3) is 0.556. The molecule has 0 bridgehead atoms. The highest BCUT2D eigenvalue weighted by atomic mass is 35.5. The van der Waals surface area contributed by atoms with Gasteiger partial charge >= 0.3 is 0 Å². The van der Waals surface area contributed by atoms with Crippen LogP contribution < -0.4 is 5.32 Å². The summed E-state index contributed by atoms with van der Waals surface area (Å²) in [5.41, 5.74) is 1.15. The maximum atomic E-state index is 4.31. The van der Waals surface area contributed by atoms with E-state index in [4.69, 9.17) is 0 Å². The number of nitrogens with zero attached hydrogens (tertiary/aromatic N) is 2. The van der Waals surface area contributed by atoms with Crippen molar-refractivity contribution in [1.82, 2.24) is 15.3 Å². The predicted octanol–water partition coefficient (Wildman–Crippen LogP) is 1.37. The minimum atomic E-state index is 0. The molecule has 2 heterocycles. The summed E-state index contributed by atoms with van der Waals surface area (Å²) in [5, 5.41) is 3.34. The fourth-order valence-corrected chi connectivity index (χ4v) is 1.64. The van der Waals surface area contributed by atoms with Gasteiger partial charge in [-0.1, -0.05) is 0 Å². The molecule has 2 rings (SSSR count). The molecule has 1 saturated heterocycles. The van der Waals surface area contributed by atoms with Crippen LogP contribution in [0.5, 0.6) is 0 Å². The van der Waals surface area contributed by atoms with E-state index in [0.29, 0.717) is 5.92 Å². The van der Waals surface area contributed by atoms with E-state index in [1.165, 1.54) is 12.8 Å². The minimum absolute atomic E-state index is 0. The summed E-state index contributed by atoms with van der Waals surface area (Å²) >= 11 is 0. The molecule has 0 amide bonds. The summed E-state index contributed by atoms with van der Waals surface area (Å²) < 4.78 is 0. The summed E-state index contributed by atoms with van der Waals surface area (Å²) in [5.74, 6) is 0.625. The fourth-order valence-electron chi connectivity index (χ4n) is 1.64. The van der Waals surface area contributed by atoms with Crippen LogP contribution in [0.25, 0.3) is 0 Å². The van der Waals surface area contributed by atoms with Crippen molar-refractivity contribution in [3.8, 4) is 0 Å². The van der Waals surface area contributed by atoms with Gasteiger partial charge in [0, 0.05) is 24.5 Å². The number of piperidine rings is 1. The van der Waals surface area contributed by atoms with Crippen LogP contribution in [0.3, 0.4) is 0 Å². The Labute approximate surface area is 84.4 Å². The van der Waals surface area contributed by atoms with Crippen LogP contribution in [0.2, 0.25) is 0 Å². The third-order valence-electron chi connectivity index (χ3n) is 2.34. The second-order valence-electron chi connectivity index (χ2n) is 3.15. The molecule has 0 aliphatic carbocycles. The van der Waals surface area contributed by atoms with Crippen molar-refractivity contribution in [2.75, 3.05) is 13.1 Å². The van der Waals surface area contributed by atoms with Crippen LogP contribution in [0, 0.1) is 0 Å². The molecule has 0 unspecified atom stereocenters. The van der Waals surface area contributed by atoms with Crippen LogP contribution in [-0.4, -0.2) is 23.1 Å². The average Bonchev–Trinajstić information content (AvgIpc) is 2.21. The van der Waals surface area contributed by atoms with E-state index < -0.39 is 0 Å². The first-order valence-electron chi connectivity index (χ1n) is 4.43. The van der Waals surface area contributed by atoms with E-state index in [-0.39, 0.29) is 12.4 Å². The van der Waals surface area contributed by atoms with Gasteiger partial charge in [0.05, 0.1) is 5.69 Å². The molecule has 1 aliphatic rings. The molecule has 1 fully saturated rings. The number of aromatic nitrogens is 2. The first-order chi connectivity index (χ1) is 5.97. The minimum Gasteiger partial charge on any atom is -0.317 e. The van der Waals surface area contributed by atoms with Gasteiger partial charge in [-0.15, -0.1) is 12.4 Å². The highest BCUT2D eigenvalue weighted by Crippen LogP contribution is 2.21. The maximum absolute atomic E-state index is 4.31. The quantitative estimate of drug-likeness (QED) is 0.743. The normalized spacial score (nSPS) is 17.8. The summed E-state index contributed by atoms with van der Waals surface area (Å²) in [6, 6.07) is 0. The molecule has 1 aromatic rings. The van der Waals surface area contributed by atoms with Crippen molar-refractivity contribution in [3.63, 3.8) is 0 Å². The third-order valence-corrected chi connectivity index (χ3v) is 2.34. The van der Waals surface area contributed by atoms with Gasteiger partial charge in [0.25, 0.3) is 0 Å². The van der Waals surface area contributed by atoms with Crippen molar-refractivity contribution in [2.24, 2.45) is 0 Å². The lowest BCUT2D eigenvalue weighted by atomic mass is 9.95. The topological polar surface area (TPSA) is 37.8 Å². The molecule has 1 aromatic heterocycles. The molecular weight excluding hydrogens is 186 g/mol. The Hall–Kier alpha value is -0.670. The van der Waals surface area contributed by atoms with E-state index in [1.807, 2.05) is 6.20 Å². The Morgan fingerprint density at radius 3 is 2.62 bits per heavy atom. The summed E-state index contributed by atoms with van der Waals surface area (Å²) in [4.78, 5) is 8.39. The molecule has 0 atom stereocenters. The van der Waals surface area contributed by atoms with Crippen LogP contribution in [0.15, 0.2) is 18.6 Å². The number of halogens is 1. The first kappa shape index (κ1) is 10.4.